The third kappa shape index (κ3) is 4.23. The highest BCUT2D eigenvalue weighted by Crippen LogP contribution is 2.29. The maximum absolute atomic E-state index is 12.4. The van der Waals surface area contributed by atoms with Crippen molar-refractivity contribution >= 4 is 34.0 Å². The van der Waals surface area contributed by atoms with Gasteiger partial charge in [0.15, 0.2) is 0 Å². The number of sulfonamides is 1. The molecule has 5 nitrogen and oxygen atoms in total. The standard InChI is InChI=1S/C13H19ClN2O3S.ClH/c1-19-13-6-5-10(7-11(13)14)20(17,18)16-12-4-2-3-9(12)8-15;/h5-7,9,12,16H,2-4,8,15H2,1H3;1H. The molecule has 0 heterocycles. The molecule has 0 aliphatic heterocycles. The summed E-state index contributed by atoms with van der Waals surface area (Å²) in [5.74, 6) is 0.657. The molecule has 2 atom stereocenters. The Labute approximate surface area is 136 Å². The monoisotopic (exact) mass is 354 g/mol. The molecule has 3 N–H and O–H groups in total. The SMILES string of the molecule is COc1ccc(S(=O)(=O)NC2CCCC2CN)cc1Cl.Cl. The topological polar surface area (TPSA) is 81.4 Å². The minimum Gasteiger partial charge on any atom is -0.495 e. The first-order valence-electron chi connectivity index (χ1n) is 6.54. The molecule has 21 heavy (non-hydrogen) atoms. The van der Waals surface area contributed by atoms with Crippen LogP contribution in [0.3, 0.4) is 0 Å². The van der Waals surface area contributed by atoms with Gasteiger partial charge < -0.3 is 10.5 Å². The Hall–Kier alpha value is -0.530. The molecule has 120 valence electrons. The summed E-state index contributed by atoms with van der Waals surface area (Å²) in [5, 5.41) is 0.275. The highest BCUT2D eigenvalue weighted by atomic mass is 35.5. The van der Waals surface area contributed by atoms with E-state index in [1.807, 2.05) is 0 Å². The third-order valence-corrected chi connectivity index (χ3v) is 5.48. The van der Waals surface area contributed by atoms with Gasteiger partial charge in [0, 0.05) is 6.04 Å². The number of benzene rings is 1. The van der Waals surface area contributed by atoms with Gasteiger partial charge in [-0.25, -0.2) is 13.1 Å². The van der Waals surface area contributed by atoms with Crippen molar-refractivity contribution < 1.29 is 13.2 Å². The Bertz CT molecular complexity index is 581. The van der Waals surface area contributed by atoms with Crippen LogP contribution in [0.4, 0.5) is 0 Å². The molecule has 0 aromatic heterocycles. The highest BCUT2D eigenvalue weighted by Gasteiger charge is 2.30. The van der Waals surface area contributed by atoms with E-state index in [2.05, 4.69) is 4.72 Å². The van der Waals surface area contributed by atoms with Crippen LogP contribution in [0.5, 0.6) is 5.75 Å². The number of rotatable bonds is 5. The number of hydrogen-bond acceptors (Lipinski definition) is 4. The first kappa shape index (κ1) is 18.5. The maximum atomic E-state index is 12.4. The number of ether oxygens (including phenoxy) is 1. The minimum absolute atomic E-state index is 0. The summed E-state index contributed by atoms with van der Waals surface area (Å²) in [6.07, 6.45) is 2.79. The molecule has 2 unspecified atom stereocenters. The summed E-state index contributed by atoms with van der Waals surface area (Å²) in [6, 6.07) is 4.34. The fraction of sp³-hybridized carbons (Fsp3) is 0.538. The second-order valence-corrected chi connectivity index (χ2v) is 7.07. The van der Waals surface area contributed by atoms with Gasteiger partial charge in [0.05, 0.1) is 17.0 Å². The summed E-state index contributed by atoms with van der Waals surface area (Å²) < 4.78 is 32.4. The first-order valence-corrected chi connectivity index (χ1v) is 8.40. The molecule has 1 fully saturated rings. The average Bonchev–Trinajstić information content (AvgIpc) is 2.85. The average molecular weight is 355 g/mol. The fourth-order valence-electron chi connectivity index (χ4n) is 2.56. The van der Waals surface area contributed by atoms with Gasteiger partial charge in [-0.3, -0.25) is 0 Å². The lowest BCUT2D eigenvalue weighted by molar-refractivity contribution is 0.414. The normalized spacial score (nSPS) is 21.9. The van der Waals surface area contributed by atoms with E-state index in [1.54, 1.807) is 6.07 Å². The van der Waals surface area contributed by atoms with E-state index >= 15 is 0 Å². The van der Waals surface area contributed by atoms with Gasteiger partial charge >= 0.3 is 0 Å². The number of methoxy groups -OCH3 is 1. The van der Waals surface area contributed by atoms with Crippen LogP contribution < -0.4 is 15.2 Å². The second kappa shape index (κ2) is 7.65. The van der Waals surface area contributed by atoms with Gasteiger partial charge in [0.25, 0.3) is 0 Å². The Morgan fingerprint density at radius 3 is 2.71 bits per heavy atom. The van der Waals surface area contributed by atoms with Crippen LogP contribution in [0, 0.1) is 5.92 Å². The first-order chi connectivity index (χ1) is 9.47. The van der Waals surface area contributed by atoms with Gasteiger partial charge in [-0.2, -0.15) is 0 Å². The summed E-state index contributed by atoms with van der Waals surface area (Å²) >= 11 is 5.97. The van der Waals surface area contributed by atoms with Crippen LogP contribution in [0.15, 0.2) is 23.1 Å². The van der Waals surface area contributed by atoms with Crippen molar-refractivity contribution in [2.24, 2.45) is 11.7 Å². The number of nitrogens with two attached hydrogens (primary N) is 1. The maximum Gasteiger partial charge on any atom is 0.240 e. The number of nitrogens with one attached hydrogen (secondary N) is 1. The molecule has 0 amide bonds. The Balaban J connectivity index is 0.00000220. The van der Waals surface area contributed by atoms with E-state index in [9.17, 15) is 8.42 Å². The Kier molecular flexibility index (Phi) is 6.74. The van der Waals surface area contributed by atoms with Crippen LogP contribution in [0.1, 0.15) is 19.3 Å². The van der Waals surface area contributed by atoms with Gasteiger partial charge in [-0.1, -0.05) is 18.0 Å². The van der Waals surface area contributed by atoms with E-state index in [1.165, 1.54) is 19.2 Å². The van der Waals surface area contributed by atoms with E-state index in [-0.39, 0.29) is 34.3 Å². The van der Waals surface area contributed by atoms with Crippen LogP contribution >= 0.6 is 24.0 Å². The zero-order chi connectivity index (χ0) is 14.8. The van der Waals surface area contributed by atoms with E-state index in [0.29, 0.717) is 12.3 Å². The zero-order valence-corrected chi connectivity index (χ0v) is 14.1. The molecule has 1 aromatic carbocycles. The van der Waals surface area contributed by atoms with Crippen molar-refractivity contribution in [1.82, 2.24) is 4.72 Å². The lowest BCUT2D eigenvalue weighted by atomic mass is 10.1. The van der Waals surface area contributed by atoms with Crippen LogP contribution in [-0.2, 0) is 10.0 Å². The number of hydrogen-bond donors (Lipinski definition) is 2. The van der Waals surface area contributed by atoms with Crippen LogP contribution in [-0.4, -0.2) is 28.1 Å². The highest BCUT2D eigenvalue weighted by molar-refractivity contribution is 7.89. The molecule has 0 bridgehead atoms. The quantitative estimate of drug-likeness (QED) is 0.848. The van der Waals surface area contributed by atoms with Gasteiger partial charge in [-0.15, -0.1) is 12.4 Å². The molecule has 1 aromatic rings. The smallest absolute Gasteiger partial charge is 0.240 e. The molecule has 1 aliphatic rings. The van der Waals surface area contributed by atoms with Crippen molar-refractivity contribution in [3.8, 4) is 5.75 Å². The second-order valence-electron chi connectivity index (χ2n) is 4.95. The molecule has 0 saturated heterocycles. The van der Waals surface area contributed by atoms with Crippen molar-refractivity contribution in [2.75, 3.05) is 13.7 Å². The van der Waals surface area contributed by atoms with E-state index in [0.717, 1.165) is 19.3 Å². The van der Waals surface area contributed by atoms with Crippen molar-refractivity contribution in [3.05, 3.63) is 23.2 Å². The molecule has 2 rings (SSSR count). The van der Waals surface area contributed by atoms with Crippen LogP contribution in [0.25, 0.3) is 0 Å². The van der Waals surface area contributed by atoms with E-state index < -0.39 is 10.0 Å². The molecular weight excluding hydrogens is 335 g/mol. The molecule has 8 heteroatoms. The molecular formula is C13H20Cl2N2O3S. The fourth-order valence-corrected chi connectivity index (χ4v) is 4.24. The predicted molar refractivity (Wildman–Crippen MR) is 85.8 cm³/mol. The molecule has 1 aliphatic carbocycles. The predicted octanol–water partition coefficient (Wildman–Crippen LogP) is 2.18. The van der Waals surface area contributed by atoms with Gasteiger partial charge in [0.1, 0.15) is 5.75 Å². The van der Waals surface area contributed by atoms with Crippen LogP contribution in [0.2, 0.25) is 5.02 Å². The summed E-state index contributed by atoms with van der Waals surface area (Å²) in [7, 11) is -2.10. The lowest BCUT2D eigenvalue weighted by Gasteiger charge is -2.19. The summed E-state index contributed by atoms with van der Waals surface area (Å²) in [6.45, 7) is 0.497. The van der Waals surface area contributed by atoms with Gasteiger partial charge in [0.2, 0.25) is 10.0 Å². The minimum atomic E-state index is -3.58. The molecule has 1 saturated carbocycles. The van der Waals surface area contributed by atoms with Crippen molar-refractivity contribution in [2.45, 2.75) is 30.2 Å². The Morgan fingerprint density at radius 2 is 2.14 bits per heavy atom. The van der Waals surface area contributed by atoms with Crippen molar-refractivity contribution in [1.29, 1.82) is 0 Å². The zero-order valence-electron chi connectivity index (χ0n) is 11.7. The lowest BCUT2D eigenvalue weighted by Crippen LogP contribution is -2.39. The van der Waals surface area contributed by atoms with Gasteiger partial charge in [-0.05, 0) is 43.5 Å². The van der Waals surface area contributed by atoms with Crippen molar-refractivity contribution in [3.63, 3.8) is 0 Å². The number of halogens is 2. The summed E-state index contributed by atoms with van der Waals surface area (Å²) in [4.78, 5) is 0.144. The Morgan fingerprint density at radius 1 is 1.43 bits per heavy atom. The largest absolute Gasteiger partial charge is 0.495 e. The summed E-state index contributed by atoms with van der Waals surface area (Å²) in [5.41, 5.74) is 5.67. The third-order valence-electron chi connectivity index (χ3n) is 3.70. The molecule has 0 radical (unpaired) electrons. The molecule has 0 spiro atoms. The van der Waals surface area contributed by atoms with E-state index in [4.69, 9.17) is 22.1 Å².